The number of rotatable bonds is 8. The van der Waals surface area contributed by atoms with Crippen molar-refractivity contribution >= 4 is 96.3 Å². The van der Waals surface area contributed by atoms with Crippen molar-refractivity contribution in [1.29, 1.82) is 0 Å². The van der Waals surface area contributed by atoms with Crippen molar-refractivity contribution in [2.45, 2.75) is 139 Å². The molecule has 61 heavy (non-hydrogen) atoms. The molecule has 0 unspecified atom stereocenters. The van der Waals surface area contributed by atoms with Crippen molar-refractivity contribution in [2.24, 2.45) is 23.2 Å². The molecular formula is C40H52F4KN6O9S. The molecule has 4 amide bonds. The van der Waals surface area contributed by atoms with Crippen LogP contribution in [0.5, 0.6) is 11.6 Å². The minimum Gasteiger partial charge on any atom is -0.497 e. The Morgan fingerprint density at radius 1 is 1.07 bits per heavy atom. The van der Waals surface area contributed by atoms with E-state index >= 15 is 8.78 Å². The summed E-state index contributed by atoms with van der Waals surface area (Å²) in [5.41, 5.74) is -3.83. The van der Waals surface area contributed by atoms with Gasteiger partial charge in [0, 0.05) is 69.8 Å². The van der Waals surface area contributed by atoms with Gasteiger partial charge in [-0.05, 0) is 75.3 Å². The standard InChI is InChI=1S/C40H52F4N6O9S.K/c1-7-22-27-19-50(28(22)32(51)48-39(18-23(39)31(41)42)35(53)49-60(55,56)38(5)14-15-38)34(52)30(37(2,3)4)47-36(54)59-26-16-20(26)10-8-9-13-40(43,44)29-33(58-27)46-25-17-21(57-6)11-12-24(25)45-29;/h11-12,17,20,22-23,26-28,30-31H,7-10,13-16,18-19H2,1-6H3,(H,47,54)(H,48,51)(H,49,53);/t20-,22-,23+,26-,27+,28+,30-,39-;/m1./s1. The van der Waals surface area contributed by atoms with Crippen LogP contribution in [0.3, 0.4) is 0 Å². The number of methoxy groups -OCH3 is 1. The number of halogens is 4. The van der Waals surface area contributed by atoms with Crippen LogP contribution in [0.25, 0.3) is 11.0 Å². The van der Waals surface area contributed by atoms with E-state index in [0.29, 0.717) is 25.0 Å². The van der Waals surface area contributed by atoms with Crippen LogP contribution < -0.4 is 24.8 Å². The fourth-order valence-electron chi connectivity index (χ4n) is 8.43. The Bertz CT molecular complexity index is 2180. The first-order valence-corrected chi connectivity index (χ1v) is 21.9. The monoisotopic (exact) mass is 907 g/mol. The van der Waals surface area contributed by atoms with Gasteiger partial charge in [-0.15, -0.1) is 0 Å². The summed E-state index contributed by atoms with van der Waals surface area (Å²) in [6.45, 7) is 7.62. The summed E-state index contributed by atoms with van der Waals surface area (Å²) in [5, 5.41) is 5.06. The SMILES string of the molecule is CC[C@@H]1[C@@H]2CN(C(=O)[C@H](C(C)(C)C)NC(=O)O[C@@H]3C[C@H]3CCCCC(F)(F)c3nc4ccc(OC)cc4nc3O2)[C@@H]1C(=O)N[C@]1(C(=O)NS(=O)(=O)C2(C)CC2)C[C@H]1C(F)F.[K]. The van der Waals surface area contributed by atoms with Gasteiger partial charge in [0.25, 0.3) is 11.8 Å². The molecule has 3 saturated carbocycles. The molecule has 3 aliphatic carbocycles. The Kier molecular flexibility index (Phi) is 13.5. The van der Waals surface area contributed by atoms with E-state index in [2.05, 4.69) is 20.6 Å². The number of alkyl carbamates (subject to hydrolysis) is 1. The van der Waals surface area contributed by atoms with E-state index in [-0.39, 0.29) is 94.0 Å². The first-order valence-electron chi connectivity index (χ1n) is 20.4. The van der Waals surface area contributed by atoms with Crippen LogP contribution >= 0.6 is 0 Å². The summed E-state index contributed by atoms with van der Waals surface area (Å²) in [4.78, 5) is 66.3. The molecule has 3 heterocycles. The van der Waals surface area contributed by atoms with Crippen LogP contribution in [-0.2, 0) is 35.1 Å². The maximum absolute atomic E-state index is 16.3. The minimum absolute atomic E-state index is 0. The summed E-state index contributed by atoms with van der Waals surface area (Å²) in [6.07, 6.45) is -4.91. The summed E-state index contributed by atoms with van der Waals surface area (Å²) in [6, 6.07) is 1.59. The molecule has 1 aromatic carbocycles. The number of hydrogen-bond donors (Lipinski definition) is 3. The minimum atomic E-state index is -4.31. The molecule has 1 aromatic heterocycles. The van der Waals surface area contributed by atoms with Crippen LogP contribution in [0, 0.1) is 23.2 Å². The van der Waals surface area contributed by atoms with Gasteiger partial charge in [-0.25, -0.2) is 32.0 Å². The Morgan fingerprint density at radius 2 is 1.77 bits per heavy atom. The van der Waals surface area contributed by atoms with E-state index < -0.39 is 129 Å². The predicted molar refractivity (Wildman–Crippen MR) is 212 cm³/mol. The number of benzene rings is 1. The number of alkyl halides is 4. The molecule has 5 aliphatic rings. The molecule has 2 bridgehead atoms. The second-order valence-corrected chi connectivity index (χ2v) is 20.4. The number of ether oxygens (including phenoxy) is 3. The molecule has 1 radical (unpaired) electrons. The number of nitrogens with one attached hydrogen (secondary N) is 3. The van der Waals surface area contributed by atoms with Crippen LogP contribution in [0.2, 0.25) is 0 Å². The third kappa shape index (κ3) is 9.52. The molecule has 0 spiro atoms. The zero-order valence-electron chi connectivity index (χ0n) is 35.4. The van der Waals surface area contributed by atoms with Gasteiger partial charge in [-0.1, -0.05) is 34.1 Å². The number of nitrogens with zero attached hydrogens (tertiary/aromatic N) is 3. The average Bonchev–Trinajstić information content (AvgIpc) is 4.12. The Labute approximate surface area is 394 Å². The topological polar surface area (TPSA) is 195 Å². The molecule has 2 aromatic rings. The number of carbonyl (C=O) groups excluding carboxylic acids is 4. The maximum atomic E-state index is 16.3. The first kappa shape index (κ1) is 47.6. The zero-order valence-corrected chi connectivity index (χ0v) is 39.3. The van der Waals surface area contributed by atoms with Gasteiger partial charge in [-0.2, -0.15) is 8.78 Å². The molecule has 21 heteroatoms. The molecule has 8 atom stereocenters. The molecule has 15 nitrogen and oxygen atoms in total. The van der Waals surface area contributed by atoms with Crippen LogP contribution in [0.15, 0.2) is 18.2 Å². The summed E-state index contributed by atoms with van der Waals surface area (Å²) >= 11 is 0. The van der Waals surface area contributed by atoms with Crippen molar-refractivity contribution in [3.8, 4) is 11.6 Å². The molecule has 2 aliphatic heterocycles. The van der Waals surface area contributed by atoms with Crippen LogP contribution in [-0.4, -0.2) is 153 Å². The van der Waals surface area contributed by atoms with Crippen molar-refractivity contribution in [1.82, 2.24) is 30.2 Å². The van der Waals surface area contributed by atoms with Gasteiger partial charge in [-0.3, -0.25) is 19.1 Å². The van der Waals surface area contributed by atoms with Gasteiger partial charge < -0.3 is 29.7 Å². The van der Waals surface area contributed by atoms with Gasteiger partial charge in [0.15, 0.2) is 5.69 Å². The van der Waals surface area contributed by atoms with Crippen molar-refractivity contribution < 1.29 is 59.4 Å². The molecule has 7 rings (SSSR count). The van der Waals surface area contributed by atoms with E-state index in [4.69, 9.17) is 14.2 Å². The van der Waals surface area contributed by atoms with Gasteiger partial charge in [0.1, 0.15) is 35.6 Å². The van der Waals surface area contributed by atoms with E-state index in [0.717, 1.165) is 4.90 Å². The zero-order chi connectivity index (χ0) is 43.7. The van der Waals surface area contributed by atoms with Gasteiger partial charge in [0.05, 0.1) is 35.4 Å². The second-order valence-electron chi connectivity index (χ2n) is 18.2. The van der Waals surface area contributed by atoms with E-state index in [1.54, 1.807) is 33.8 Å². The fourth-order valence-corrected chi connectivity index (χ4v) is 9.74. The predicted octanol–water partition coefficient (Wildman–Crippen LogP) is 4.58. The normalized spacial score (nSPS) is 30.8. The molecule has 4 fully saturated rings. The Balaban J connectivity index is 0.00000622. The second kappa shape index (κ2) is 17.3. The smallest absolute Gasteiger partial charge is 0.408 e. The maximum Gasteiger partial charge on any atom is 0.408 e. The van der Waals surface area contributed by atoms with E-state index in [9.17, 15) is 36.4 Å². The van der Waals surface area contributed by atoms with Crippen molar-refractivity contribution in [3.05, 3.63) is 23.9 Å². The quantitative estimate of drug-likeness (QED) is 0.248. The van der Waals surface area contributed by atoms with Crippen molar-refractivity contribution in [2.75, 3.05) is 13.7 Å². The Hall–Kier alpha value is -2.85. The molecule has 1 saturated heterocycles. The average molecular weight is 908 g/mol. The summed E-state index contributed by atoms with van der Waals surface area (Å²) < 4.78 is 105. The number of amides is 4. The summed E-state index contributed by atoms with van der Waals surface area (Å²) in [7, 11) is -2.89. The van der Waals surface area contributed by atoms with Gasteiger partial charge in [0.2, 0.25) is 34.1 Å². The van der Waals surface area contributed by atoms with Crippen molar-refractivity contribution in [3.63, 3.8) is 0 Å². The number of sulfonamides is 1. The third-order valence-electron chi connectivity index (χ3n) is 12.8. The van der Waals surface area contributed by atoms with Gasteiger partial charge >= 0.3 is 6.09 Å². The number of carbonyl (C=O) groups is 4. The Morgan fingerprint density at radius 3 is 2.38 bits per heavy atom. The molecule has 3 N–H and O–H groups in total. The summed E-state index contributed by atoms with van der Waals surface area (Å²) in [5.74, 6) is -9.85. The third-order valence-corrected chi connectivity index (χ3v) is 14.9. The molecular weight excluding hydrogens is 856 g/mol. The van der Waals surface area contributed by atoms with Crippen LogP contribution in [0.1, 0.15) is 98.1 Å². The first-order chi connectivity index (χ1) is 28.0. The largest absolute Gasteiger partial charge is 0.497 e. The number of aromatic nitrogens is 2. The fraction of sp³-hybridized carbons (Fsp3) is 0.700. The van der Waals surface area contributed by atoms with Crippen LogP contribution in [0.4, 0.5) is 22.4 Å². The molecule has 331 valence electrons. The number of fused-ring (bicyclic) bond motifs is 5. The van der Waals surface area contributed by atoms with E-state index in [1.807, 2.05) is 4.72 Å². The van der Waals surface area contributed by atoms with E-state index in [1.165, 1.54) is 26.2 Å². The number of hydrogen-bond acceptors (Lipinski definition) is 11.